The minimum atomic E-state index is -4.81. The van der Waals surface area contributed by atoms with Crippen LogP contribution in [0.4, 0.5) is 37.1 Å². The highest BCUT2D eigenvalue weighted by Crippen LogP contribution is 2.28. The van der Waals surface area contributed by atoms with Gasteiger partial charge >= 0.3 is 18.4 Å². The summed E-state index contributed by atoms with van der Waals surface area (Å²) in [6.45, 7) is 1.96. The quantitative estimate of drug-likeness (QED) is 0.638. The second-order valence-corrected chi connectivity index (χ2v) is 7.52. The number of hydrogen-bond acceptors (Lipinski definition) is 6. The van der Waals surface area contributed by atoms with Crippen LogP contribution in [0.3, 0.4) is 0 Å². The van der Waals surface area contributed by atoms with E-state index in [1.54, 1.807) is 0 Å². The highest BCUT2D eigenvalue weighted by molar-refractivity contribution is 5.68. The first-order valence-electron chi connectivity index (χ1n) is 9.73. The van der Waals surface area contributed by atoms with Gasteiger partial charge < -0.3 is 19.9 Å². The van der Waals surface area contributed by atoms with Crippen LogP contribution in [-0.2, 0) is 23.5 Å². The van der Waals surface area contributed by atoms with E-state index in [0.29, 0.717) is 31.4 Å². The topological polar surface area (TPSA) is 100 Å². The molecule has 1 saturated heterocycles. The van der Waals surface area contributed by atoms with E-state index in [1.165, 1.54) is 11.8 Å². The molecular weight excluding hydrogens is 460 g/mol. The number of pyridine rings is 1. The summed E-state index contributed by atoms with van der Waals surface area (Å²) in [6.07, 6.45) is -8.00. The lowest BCUT2D eigenvalue weighted by Gasteiger charge is -2.20. The third kappa shape index (κ3) is 6.35. The van der Waals surface area contributed by atoms with Crippen molar-refractivity contribution in [1.82, 2.24) is 19.9 Å². The summed E-state index contributed by atoms with van der Waals surface area (Å²) in [5.74, 6) is -0.0184. The van der Waals surface area contributed by atoms with Gasteiger partial charge in [-0.1, -0.05) is 0 Å². The molecule has 2 atom stereocenters. The van der Waals surface area contributed by atoms with E-state index < -0.39 is 41.2 Å². The van der Waals surface area contributed by atoms with Crippen molar-refractivity contribution in [1.29, 1.82) is 0 Å². The number of carbonyl (C=O) groups is 1. The van der Waals surface area contributed by atoms with Crippen LogP contribution in [0.1, 0.15) is 30.0 Å². The largest absolute Gasteiger partial charge is 0.446 e. The number of nitrogens with one attached hydrogen (secondary N) is 2. The molecule has 8 nitrogen and oxygen atoms in total. The molecule has 1 amide bonds. The second kappa shape index (κ2) is 9.27. The normalized spacial score (nSPS) is 17.7. The minimum Gasteiger partial charge on any atom is -0.446 e. The SMILES string of the molecule is C[C@@H](Cc1c[nH]c(=O)c(C(F)(F)F)c1)OC(=O)N1CC[C@@H](Nc2ncc(C(F)(F)F)cn2)C1. The number of rotatable bonds is 5. The Morgan fingerprint density at radius 2 is 1.91 bits per heavy atom. The van der Waals surface area contributed by atoms with Crippen LogP contribution >= 0.6 is 0 Å². The first kappa shape index (κ1) is 24.3. The molecule has 0 aromatic carbocycles. The Morgan fingerprint density at radius 1 is 1.24 bits per heavy atom. The lowest BCUT2D eigenvalue weighted by molar-refractivity contribution is -0.139. The van der Waals surface area contributed by atoms with Gasteiger partial charge in [0.05, 0.1) is 5.56 Å². The highest BCUT2D eigenvalue weighted by atomic mass is 19.4. The Balaban J connectivity index is 1.52. The number of alkyl halides is 6. The average Bonchev–Trinajstić information content (AvgIpc) is 3.17. The van der Waals surface area contributed by atoms with Crippen LogP contribution in [0.2, 0.25) is 0 Å². The second-order valence-electron chi connectivity index (χ2n) is 7.52. The molecule has 1 aliphatic rings. The summed E-state index contributed by atoms with van der Waals surface area (Å²) >= 11 is 0. The monoisotopic (exact) mass is 479 g/mol. The van der Waals surface area contributed by atoms with Gasteiger partial charge in [0, 0.05) is 44.1 Å². The summed E-state index contributed by atoms with van der Waals surface area (Å²) < 4.78 is 81.6. The Labute approximate surface area is 183 Å². The number of halogens is 6. The number of hydrogen-bond donors (Lipinski definition) is 2. The molecule has 3 heterocycles. The fraction of sp³-hybridized carbons (Fsp3) is 0.474. The molecule has 0 unspecified atom stereocenters. The first-order chi connectivity index (χ1) is 15.3. The van der Waals surface area contributed by atoms with Gasteiger partial charge in [-0.15, -0.1) is 0 Å². The Bertz CT molecular complexity index is 1040. The molecule has 2 aromatic rings. The number of amides is 1. The van der Waals surface area contributed by atoms with Crippen molar-refractivity contribution in [2.24, 2.45) is 0 Å². The summed E-state index contributed by atoms with van der Waals surface area (Å²) in [4.78, 5) is 34.3. The predicted octanol–water partition coefficient (Wildman–Crippen LogP) is 3.46. The molecule has 33 heavy (non-hydrogen) atoms. The molecule has 180 valence electrons. The van der Waals surface area contributed by atoms with E-state index in [4.69, 9.17) is 4.74 Å². The third-order valence-electron chi connectivity index (χ3n) is 4.85. The summed E-state index contributed by atoms with van der Waals surface area (Å²) in [7, 11) is 0. The van der Waals surface area contributed by atoms with Crippen molar-refractivity contribution in [2.75, 3.05) is 18.4 Å². The van der Waals surface area contributed by atoms with Gasteiger partial charge in [0.15, 0.2) is 0 Å². The first-order valence-corrected chi connectivity index (χ1v) is 9.73. The van der Waals surface area contributed by atoms with Gasteiger partial charge in [-0.2, -0.15) is 26.3 Å². The van der Waals surface area contributed by atoms with Crippen molar-refractivity contribution >= 4 is 12.0 Å². The molecule has 2 aromatic heterocycles. The van der Waals surface area contributed by atoms with E-state index in [2.05, 4.69) is 15.3 Å². The zero-order chi connectivity index (χ0) is 24.4. The molecule has 14 heteroatoms. The molecular formula is C19H19F6N5O3. The molecule has 3 rings (SSSR count). The fourth-order valence-corrected chi connectivity index (χ4v) is 3.25. The van der Waals surface area contributed by atoms with Crippen molar-refractivity contribution < 1.29 is 35.9 Å². The third-order valence-corrected chi connectivity index (χ3v) is 4.85. The van der Waals surface area contributed by atoms with E-state index in [9.17, 15) is 35.9 Å². The molecule has 1 fully saturated rings. The maximum Gasteiger partial charge on any atom is 0.421 e. The number of aromatic amines is 1. The van der Waals surface area contributed by atoms with Gasteiger partial charge in [-0.05, 0) is 25.0 Å². The van der Waals surface area contributed by atoms with Gasteiger partial charge in [0.25, 0.3) is 5.56 Å². The van der Waals surface area contributed by atoms with Crippen LogP contribution in [0.15, 0.2) is 29.5 Å². The van der Waals surface area contributed by atoms with Crippen LogP contribution in [-0.4, -0.2) is 51.2 Å². The maximum absolute atomic E-state index is 12.9. The van der Waals surface area contributed by atoms with E-state index >= 15 is 0 Å². The number of carbonyl (C=O) groups excluding carboxylic acids is 1. The average molecular weight is 479 g/mol. The predicted molar refractivity (Wildman–Crippen MR) is 102 cm³/mol. The number of ether oxygens (including phenoxy) is 1. The molecule has 0 aliphatic carbocycles. The Kier molecular flexibility index (Phi) is 6.84. The minimum absolute atomic E-state index is 0.0184. The Hall–Kier alpha value is -3.32. The van der Waals surface area contributed by atoms with E-state index in [1.807, 2.05) is 4.98 Å². The van der Waals surface area contributed by atoms with Crippen molar-refractivity contribution in [2.45, 2.75) is 44.3 Å². The van der Waals surface area contributed by atoms with E-state index in [-0.39, 0.29) is 30.5 Å². The van der Waals surface area contributed by atoms with Crippen molar-refractivity contribution in [3.63, 3.8) is 0 Å². The summed E-state index contributed by atoms with van der Waals surface area (Å²) in [5, 5.41) is 2.84. The van der Waals surface area contributed by atoms with Crippen LogP contribution in [0.25, 0.3) is 0 Å². The number of anilines is 1. The Morgan fingerprint density at radius 3 is 2.52 bits per heavy atom. The van der Waals surface area contributed by atoms with Gasteiger partial charge in [-0.25, -0.2) is 14.8 Å². The fourth-order valence-electron chi connectivity index (χ4n) is 3.25. The summed E-state index contributed by atoms with van der Waals surface area (Å²) in [6, 6.07) is 0.390. The summed E-state index contributed by atoms with van der Waals surface area (Å²) in [5.41, 5.74) is -3.44. The maximum atomic E-state index is 12.9. The number of aromatic nitrogens is 3. The molecule has 0 saturated carbocycles. The number of H-pyrrole nitrogens is 1. The number of nitrogens with zero attached hydrogens (tertiary/aromatic N) is 3. The van der Waals surface area contributed by atoms with Gasteiger partial charge in [0.2, 0.25) is 5.95 Å². The van der Waals surface area contributed by atoms with Crippen LogP contribution < -0.4 is 10.9 Å². The zero-order valence-corrected chi connectivity index (χ0v) is 17.1. The standard InChI is InChI=1S/C19H19F6N5O3/c1-10(4-11-5-14(19(23,24)25)15(31)26-6-11)33-17(32)30-3-2-13(9-30)29-16-27-7-12(8-28-16)18(20,21)22/h5-8,10,13H,2-4,9H2,1H3,(H,26,31)(H,27,28,29)/t10-,13+/m0/s1. The smallest absolute Gasteiger partial charge is 0.421 e. The number of likely N-dealkylation sites (tertiary alicyclic amines) is 1. The van der Waals surface area contributed by atoms with Crippen LogP contribution in [0.5, 0.6) is 0 Å². The lowest BCUT2D eigenvalue weighted by atomic mass is 10.1. The molecule has 0 radical (unpaired) electrons. The molecule has 2 N–H and O–H groups in total. The highest BCUT2D eigenvalue weighted by Gasteiger charge is 2.35. The van der Waals surface area contributed by atoms with Crippen LogP contribution in [0, 0.1) is 0 Å². The molecule has 0 bridgehead atoms. The van der Waals surface area contributed by atoms with Crippen molar-refractivity contribution in [3.8, 4) is 0 Å². The van der Waals surface area contributed by atoms with Crippen molar-refractivity contribution in [3.05, 3.63) is 51.7 Å². The lowest BCUT2D eigenvalue weighted by Crippen LogP contribution is -2.34. The van der Waals surface area contributed by atoms with Gasteiger partial charge in [-0.3, -0.25) is 4.79 Å². The van der Waals surface area contributed by atoms with E-state index in [0.717, 1.165) is 6.20 Å². The van der Waals surface area contributed by atoms with Gasteiger partial charge in [0.1, 0.15) is 11.7 Å². The molecule has 0 spiro atoms. The zero-order valence-electron chi connectivity index (χ0n) is 17.1. The molecule has 1 aliphatic heterocycles.